The Bertz CT molecular complexity index is 1390. The maximum Gasteiger partial charge on any atom is 0.328 e. The van der Waals surface area contributed by atoms with E-state index < -0.39 is 11.9 Å². The molecule has 4 heterocycles. The summed E-state index contributed by atoms with van der Waals surface area (Å²) in [5.41, 5.74) is 3.26. The molecule has 3 N–H and O–H groups in total. The van der Waals surface area contributed by atoms with Crippen molar-refractivity contribution in [3.63, 3.8) is 0 Å². The molecule has 0 amide bonds. The van der Waals surface area contributed by atoms with E-state index in [1.807, 2.05) is 25.3 Å². The summed E-state index contributed by atoms with van der Waals surface area (Å²) < 4.78 is 7.93. The van der Waals surface area contributed by atoms with E-state index in [0.29, 0.717) is 30.6 Å². The van der Waals surface area contributed by atoms with Crippen molar-refractivity contribution < 1.29 is 24.2 Å². The third-order valence-electron chi connectivity index (χ3n) is 6.34. The molecule has 0 aliphatic carbocycles. The van der Waals surface area contributed by atoms with Crippen LogP contribution in [0.2, 0.25) is 0 Å². The van der Waals surface area contributed by atoms with E-state index in [2.05, 4.69) is 55.1 Å². The summed E-state index contributed by atoms with van der Waals surface area (Å²) in [6.07, 6.45) is 8.00. The number of piperidine rings is 1. The van der Waals surface area contributed by atoms with Gasteiger partial charge in [-0.25, -0.2) is 19.6 Å². The Kier molecular flexibility index (Phi) is 9.41. The Morgan fingerprint density at radius 1 is 1.05 bits per heavy atom. The van der Waals surface area contributed by atoms with Crippen LogP contribution in [-0.2, 0) is 22.6 Å². The number of rotatable bonds is 9. The lowest BCUT2D eigenvalue weighted by molar-refractivity contribution is -0.134. The van der Waals surface area contributed by atoms with Gasteiger partial charge in [-0.1, -0.05) is 18.2 Å². The van der Waals surface area contributed by atoms with E-state index in [0.717, 1.165) is 61.6 Å². The number of benzene rings is 1. The molecular weight excluding hydrogens is 500 g/mol. The largest absolute Gasteiger partial charge is 0.478 e. The molecule has 0 unspecified atom stereocenters. The number of imidazole rings is 1. The maximum absolute atomic E-state index is 9.55. The van der Waals surface area contributed by atoms with Crippen molar-refractivity contribution >= 4 is 28.9 Å². The highest BCUT2D eigenvalue weighted by molar-refractivity contribution is 5.89. The number of anilines is 1. The molecule has 3 aromatic heterocycles. The second-order valence-electron chi connectivity index (χ2n) is 9.20. The average molecular weight is 533 g/mol. The minimum Gasteiger partial charge on any atom is -0.478 e. The van der Waals surface area contributed by atoms with E-state index in [4.69, 9.17) is 19.6 Å². The molecular formula is C28H32N6O5. The number of fused-ring (bicyclic) bond motifs is 1. The Morgan fingerprint density at radius 2 is 1.77 bits per heavy atom. The van der Waals surface area contributed by atoms with Crippen LogP contribution < -0.4 is 5.32 Å². The molecule has 0 saturated carbocycles. The molecule has 11 heteroatoms. The molecule has 1 saturated heterocycles. The zero-order chi connectivity index (χ0) is 27.6. The van der Waals surface area contributed by atoms with E-state index in [-0.39, 0.29) is 0 Å². The number of pyridine rings is 1. The summed E-state index contributed by atoms with van der Waals surface area (Å²) in [6.45, 7) is 5.73. The number of carboxylic acid groups (broad SMARTS) is 2. The predicted molar refractivity (Wildman–Crippen MR) is 146 cm³/mol. The van der Waals surface area contributed by atoms with Crippen molar-refractivity contribution in [2.24, 2.45) is 0 Å². The standard InChI is InChI=1S/C24H28N6O.C4H4O4/c1-18-26-16-21(31-18)17-30-23-8-3-2-7-22(23)28-24(30)27-20-10-14-29(15-11-20)13-9-19-6-4-5-12-25-19;5-3(6)1-2-4(7)8/h2-8,12,16,20H,9-11,13-15,17H2,1H3,(H,27,28);1-2H,(H,5,6)(H,7,8)/b;2-1+. The topological polar surface area (TPSA) is 147 Å². The number of carbonyl (C=O) groups is 2. The zero-order valence-electron chi connectivity index (χ0n) is 21.7. The lowest BCUT2D eigenvalue weighted by Gasteiger charge is -2.32. The van der Waals surface area contributed by atoms with Gasteiger partial charge in [0, 0.05) is 63.1 Å². The summed E-state index contributed by atoms with van der Waals surface area (Å²) in [5, 5.41) is 19.3. The molecule has 0 bridgehead atoms. The van der Waals surface area contributed by atoms with Gasteiger partial charge in [0.15, 0.2) is 5.89 Å². The molecule has 5 rings (SSSR count). The highest BCUT2D eigenvalue weighted by Crippen LogP contribution is 2.24. The molecule has 1 fully saturated rings. The first-order valence-electron chi connectivity index (χ1n) is 12.8. The number of aromatic nitrogens is 4. The first-order chi connectivity index (χ1) is 18.9. The number of oxazole rings is 1. The second-order valence-corrected chi connectivity index (χ2v) is 9.20. The summed E-state index contributed by atoms with van der Waals surface area (Å²) in [4.78, 5) is 35.2. The first kappa shape index (κ1) is 27.5. The summed E-state index contributed by atoms with van der Waals surface area (Å²) in [7, 11) is 0. The van der Waals surface area contributed by atoms with Crippen LogP contribution in [0.4, 0.5) is 5.95 Å². The smallest absolute Gasteiger partial charge is 0.328 e. The predicted octanol–water partition coefficient (Wildman–Crippen LogP) is 3.61. The van der Waals surface area contributed by atoms with Crippen molar-refractivity contribution in [3.8, 4) is 0 Å². The average Bonchev–Trinajstić information content (AvgIpc) is 3.51. The molecule has 204 valence electrons. The quantitative estimate of drug-likeness (QED) is 0.273. The van der Waals surface area contributed by atoms with E-state index in [9.17, 15) is 9.59 Å². The lowest BCUT2D eigenvalue weighted by atomic mass is 10.0. The number of nitrogens with one attached hydrogen (secondary N) is 1. The highest BCUT2D eigenvalue weighted by atomic mass is 16.4. The SMILES string of the molecule is Cc1ncc(Cn2c(NC3CCN(CCc4ccccn4)CC3)nc3ccccc32)o1.O=C(O)/C=C/C(=O)O. The molecule has 1 aliphatic rings. The van der Waals surface area contributed by atoms with Gasteiger partial charge >= 0.3 is 11.9 Å². The molecule has 4 aromatic rings. The fraction of sp³-hybridized carbons (Fsp3) is 0.321. The molecule has 0 atom stereocenters. The van der Waals surface area contributed by atoms with E-state index in [1.165, 1.54) is 5.69 Å². The number of carboxylic acids is 2. The van der Waals surface area contributed by atoms with Crippen LogP contribution in [-0.4, -0.2) is 72.2 Å². The van der Waals surface area contributed by atoms with Crippen LogP contribution in [0.5, 0.6) is 0 Å². The number of nitrogens with zero attached hydrogens (tertiary/aromatic N) is 5. The number of hydrogen-bond donors (Lipinski definition) is 3. The van der Waals surface area contributed by atoms with Gasteiger partial charge in [0.05, 0.1) is 23.8 Å². The zero-order valence-corrected chi connectivity index (χ0v) is 21.7. The third-order valence-corrected chi connectivity index (χ3v) is 6.34. The van der Waals surface area contributed by atoms with Gasteiger partial charge < -0.3 is 29.4 Å². The van der Waals surface area contributed by atoms with E-state index in [1.54, 1.807) is 6.20 Å². The Hall–Kier alpha value is -4.51. The van der Waals surface area contributed by atoms with Crippen LogP contribution in [0.25, 0.3) is 11.0 Å². The van der Waals surface area contributed by atoms with Crippen LogP contribution in [0.1, 0.15) is 30.2 Å². The second kappa shape index (κ2) is 13.3. The Morgan fingerprint density at radius 3 is 2.41 bits per heavy atom. The van der Waals surface area contributed by atoms with Crippen molar-refractivity contribution in [1.82, 2.24) is 24.4 Å². The van der Waals surface area contributed by atoms with Gasteiger partial charge in [-0.2, -0.15) is 0 Å². The van der Waals surface area contributed by atoms with Gasteiger partial charge in [0.1, 0.15) is 5.76 Å². The van der Waals surface area contributed by atoms with E-state index >= 15 is 0 Å². The van der Waals surface area contributed by atoms with Gasteiger partial charge in [-0.05, 0) is 37.1 Å². The maximum atomic E-state index is 9.55. The molecule has 1 aliphatic heterocycles. The minimum atomic E-state index is -1.26. The lowest BCUT2D eigenvalue weighted by Crippen LogP contribution is -2.40. The number of aliphatic carboxylic acids is 2. The van der Waals surface area contributed by atoms with Crippen LogP contribution >= 0.6 is 0 Å². The number of para-hydroxylation sites is 2. The Labute approximate surface area is 225 Å². The fourth-order valence-corrected chi connectivity index (χ4v) is 4.42. The van der Waals surface area contributed by atoms with Crippen molar-refractivity contribution in [2.75, 3.05) is 25.0 Å². The molecule has 1 aromatic carbocycles. The minimum absolute atomic E-state index is 0.415. The first-order valence-corrected chi connectivity index (χ1v) is 12.8. The monoisotopic (exact) mass is 532 g/mol. The Balaban J connectivity index is 0.000000386. The van der Waals surface area contributed by atoms with Crippen molar-refractivity contribution in [1.29, 1.82) is 0 Å². The van der Waals surface area contributed by atoms with Crippen molar-refractivity contribution in [3.05, 3.63) is 84.4 Å². The summed E-state index contributed by atoms with van der Waals surface area (Å²) in [5.74, 6) is -0.0814. The van der Waals surface area contributed by atoms with Crippen LogP contribution in [0.15, 0.2) is 71.4 Å². The normalized spacial score (nSPS) is 14.3. The fourth-order valence-electron chi connectivity index (χ4n) is 4.42. The summed E-state index contributed by atoms with van der Waals surface area (Å²) >= 11 is 0. The van der Waals surface area contributed by atoms with Gasteiger partial charge in [-0.3, -0.25) is 4.98 Å². The van der Waals surface area contributed by atoms with Gasteiger partial charge in [-0.15, -0.1) is 0 Å². The third kappa shape index (κ3) is 8.24. The molecule has 0 spiro atoms. The van der Waals surface area contributed by atoms with Crippen molar-refractivity contribution in [2.45, 2.75) is 38.8 Å². The molecule has 11 nitrogen and oxygen atoms in total. The highest BCUT2D eigenvalue weighted by Gasteiger charge is 2.22. The molecule has 39 heavy (non-hydrogen) atoms. The van der Waals surface area contributed by atoms with Crippen LogP contribution in [0.3, 0.4) is 0 Å². The van der Waals surface area contributed by atoms with Gasteiger partial charge in [0.25, 0.3) is 0 Å². The van der Waals surface area contributed by atoms with Gasteiger partial charge in [0.2, 0.25) is 5.95 Å². The number of likely N-dealkylation sites (tertiary alicyclic amines) is 1. The van der Waals surface area contributed by atoms with Crippen LogP contribution in [0, 0.1) is 6.92 Å². The summed E-state index contributed by atoms with van der Waals surface area (Å²) in [6, 6.07) is 14.8. The molecule has 0 radical (unpaired) electrons. The number of hydrogen-bond acceptors (Lipinski definition) is 8. The number of aryl methyl sites for hydroxylation is 1.